The van der Waals surface area contributed by atoms with Crippen LogP contribution in [0.1, 0.15) is 44.6 Å². The largest absolute Gasteiger partial charge is 0.486 e. The molecular weight excluding hydrogens is 320 g/mol. The van der Waals surface area contributed by atoms with E-state index in [1.54, 1.807) is 19.1 Å². The van der Waals surface area contributed by atoms with E-state index in [0.717, 1.165) is 18.4 Å². The summed E-state index contributed by atoms with van der Waals surface area (Å²) in [5.74, 6) is 1.54. The molecule has 3 amide bonds. The van der Waals surface area contributed by atoms with Gasteiger partial charge >= 0.3 is 6.03 Å². The van der Waals surface area contributed by atoms with Gasteiger partial charge in [0.2, 0.25) is 0 Å². The Kier molecular flexibility index (Phi) is 4.06. The molecule has 4 rings (SSSR count). The van der Waals surface area contributed by atoms with Crippen molar-refractivity contribution in [3.63, 3.8) is 0 Å². The van der Waals surface area contributed by atoms with Crippen molar-refractivity contribution in [3.8, 4) is 11.5 Å². The van der Waals surface area contributed by atoms with Crippen molar-refractivity contribution >= 4 is 11.9 Å². The molecule has 2 heterocycles. The van der Waals surface area contributed by atoms with Crippen LogP contribution in [-0.2, 0) is 10.3 Å². The maximum absolute atomic E-state index is 13.1. The lowest BCUT2D eigenvalue weighted by atomic mass is 9.88. The topological polar surface area (TPSA) is 67.9 Å². The Morgan fingerprint density at radius 1 is 1.12 bits per heavy atom. The average molecular weight is 344 g/mol. The number of rotatable bonds is 3. The van der Waals surface area contributed by atoms with Gasteiger partial charge in [-0.2, -0.15) is 0 Å². The zero-order valence-electron chi connectivity index (χ0n) is 14.5. The summed E-state index contributed by atoms with van der Waals surface area (Å²) < 4.78 is 11.2. The van der Waals surface area contributed by atoms with Gasteiger partial charge in [0.15, 0.2) is 11.5 Å². The van der Waals surface area contributed by atoms with Crippen molar-refractivity contribution in [3.05, 3.63) is 23.8 Å². The van der Waals surface area contributed by atoms with Crippen LogP contribution in [0.3, 0.4) is 0 Å². The molecule has 1 saturated heterocycles. The van der Waals surface area contributed by atoms with Gasteiger partial charge in [0.05, 0.1) is 0 Å². The predicted molar refractivity (Wildman–Crippen MR) is 91.6 cm³/mol. The molecule has 6 nitrogen and oxygen atoms in total. The zero-order chi connectivity index (χ0) is 17.4. The standard InChI is InChI=1S/C19H24N2O4/c1-19(14-7-8-15-16(11-14)25-10-9-24-15)17(22)21(18(23)20-19)12-13-5-3-2-4-6-13/h7-8,11,13H,2-6,9-10,12H2,1H3,(H,20,23)/t19-/m1/s1. The molecule has 3 aliphatic rings. The Bertz CT molecular complexity index is 699. The molecule has 0 aromatic heterocycles. The van der Waals surface area contributed by atoms with E-state index < -0.39 is 5.54 Å². The smallest absolute Gasteiger partial charge is 0.325 e. The van der Waals surface area contributed by atoms with Crippen LogP contribution in [0.25, 0.3) is 0 Å². The molecule has 1 aliphatic carbocycles. The van der Waals surface area contributed by atoms with Crippen LogP contribution in [0.15, 0.2) is 18.2 Å². The third-order valence-corrected chi connectivity index (χ3v) is 5.56. The predicted octanol–water partition coefficient (Wildman–Crippen LogP) is 2.81. The van der Waals surface area contributed by atoms with Crippen molar-refractivity contribution in [1.82, 2.24) is 10.2 Å². The summed E-state index contributed by atoms with van der Waals surface area (Å²) >= 11 is 0. The monoisotopic (exact) mass is 344 g/mol. The molecule has 1 saturated carbocycles. The van der Waals surface area contributed by atoms with Gasteiger partial charge < -0.3 is 14.8 Å². The Morgan fingerprint density at radius 2 is 1.84 bits per heavy atom. The second-order valence-corrected chi connectivity index (χ2v) is 7.33. The lowest BCUT2D eigenvalue weighted by Gasteiger charge is -2.27. The molecule has 2 aliphatic heterocycles. The first-order valence-corrected chi connectivity index (χ1v) is 9.12. The van der Waals surface area contributed by atoms with Crippen molar-refractivity contribution < 1.29 is 19.1 Å². The van der Waals surface area contributed by atoms with E-state index in [9.17, 15) is 9.59 Å². The first kappa shape index (κ1) is 16.2. The summed E-state index contributed by atoms with van der Waals surface area (Å²) in [4.78, 5) is 26.9. The lowest BCUT2D eigenvalue weighted by Crippen LogP contribution is -2.41. The highest BCUT2D eigenvalue weighted by Crippen LogP contribution is 2.37. The molecule has 1 atom stereocenters. The van der Waals surface area contributed by atoms with Crippen LogP contribution >= 0.6 is 0 Å². The lowest BCUT2D eigenvalue weighted by molar-refractivity contribution is -0.131. The van der Waals surface area contributed by atoms with Gasteiger partial charge in [0, 0.05) is 6.54 Å². The van der Waals surface area contributed by atoms with Crippen LogP contribution in [0.5, 0.6) is 11.5 Å². The van der Waals surface area contributed by atoms with Gasteiger partial charge in [-0.1, -0.05) is 25.3 Å². The third-order valence-electron chi connectivity index (χ3n) is 5.56. The number of carbonyl (C=O) groups excluding carboxylic acids is 2. The number of amides is 3. The average Bonchev–Trinajstić information content (AvgIpc) is 2.86. The summed E-state index contributed by atoms with van der Waals surface area (Å²) in [5.41, 5.74) is -0.331. The maximum Gasteiger partial charge on any atom is 0.325 e. The van der Waals surface area contributed by atoms with Crippen molar-refractivity contribution in [2.24, 2.45) is 5.92 Å². The Hall–Kier alpha value is -2.24. The number of hydrogen-bond acceptors (Lipinski definition) is 4. The molecule has 1 aromatic rings. The summed E-state index contributed by atoms with van der Waals surface area (Å²) in [6.07, 6.45) is 5.82. The second-order valence-electron chi connectivity index (χ2n) is 7.33. The number of fused-ring (bicyclic) bond motifs is 1. The number of carbonyl (C=O) groups is 2. The highest BCUT2D eigenvalue weighted by atomic mass is 16.6. The maximum atomic E-state index is 13.1. The molecular formula is C19H24N2O4. The summed E-state index contributed by atoms with van der Waals surface area (Å²) in [5, 5.41) is 2.88. The number of imide groups is 1. The zero-order valence-corrected chi connectivity index (χ0v) is 14.5. The fourth-order valence-electron chi connectivity index (χ4n) is 4.04. The van der Waals surface area contributed by atoms with E-state index in [4.69, 9.17) is 9.47 Å². The van der Waals surface area contributed by atoms with Crippen LogP contribution in [0.4, 0.5) is 4.79 Å². The molecule has 0 radical (unpaired) electrons. The second kappa shape index (κ2) is 6.24. The van der Waals surface area contributed by atoms with Crippen LogP contribution in [0.2, 0.25) is 0 Å². The molecule has 1 aromatic carbocycles. The van der Waals surface area contributed by atoms with Gasteiger partial charge in [-0.15, -0.1) is 0 Å². The first-order chi connectivity index (χ1) is 12.1. The van der Waals surface area contributed by atoms with E-state index >= 15 is 0 Å². The van der Waals surface area contributed by atoms with E-state index in [1.807, 2.05) is 6.07 Å². The number of benzene rings is 1. The van der Waals surface area contributed by atoms with E-state index in [2.05, 4.69) is 5.32 Å². The number of urea groups is 1. The van der Waals surface area contributed by atoms with Crippen LogP contribution < -0.4 is 14.8 Å². The van der Waals surface area contributed by atoms with Gasteiger partial charge in [-0.25, -0.2) is 4.79 Å². The number of nitrogens with zero attached hydrogens (tertiary/aromatic N) is 1. The van der Waals surface area contributed by atoms with Gasteiger partial charge in [0.1, 0.15) is 18.8 Å². The number of ether oxygens (including phenoxy) is 2. The fraction of sp³-hybridized carbons (Fsp3) is 0.579. The minimum atomic E-state index is -1.05. The van der Waals surface area contributed by atoms with Gasteiger partial charge in [-0.3, -0.25) is 9.69 Å². The summed E-state index contributed by atoms with van der Waals surface area (Å²) in [7, 11) is 0. The van der Waals surface area contributed by atoms with Crippen LogP contribution in [0, 0.1) is 5.92 Å². The first-order valence-electron chi connectivity index (χ1n) is 9.12. The molecule has 0 bridgehead atoms. The minimum Gasteiger partial charge on any atom is -0.486 e. The molecule has 2 fully saturated rings. The normalized spacial score (nSPS) is 26.7. The van der Waals surface area contributed by atoms with E-state index in [-0.39, 0.29) is 11.9 Å². The van der Waals surface area contributed by atoms with E-state index in [0.29, 0.717) is 37.2 Å². The fourth-order valence-corrected chi connectivity index (χ4v) is 4.04. The van der Waals surface area contributed by atoms with E-state index in [1.165, 1.54) is 24.2 Å². The molecule has 0 spiro atoms. The van der Waals surface area contributed by atoms with Crippen molar-refractivity contribution in [2.75, 3.05) is 19.8 Å². The molecule has 6 heteroatoms. The number of nitrogens with one attached hydrogen (secondary N) is 1. The van der Waals surface area contributed by atoms with Gasteiger partial charge in [-0.05, 0) is 43.4 Å². The summed E-state index contributed by atoms with van der Waals surface area (Å²) in [6.45, 7) is 3.29. The Labute approximate surface area is 147 Å². The van der Waals surface area contributed by atoms with Gasteiger partial charge in [0.25, 0.3) is 5.91 Å². The highest BCUT2D eigenvalue weighted by Gasteiger charge is 2.49. The Morgan fingerprint density at radius 3 is 2.60 bits per heavy atom. The van der Waals surface area contributed by atoms with Crippen LogP contribution in [-0.4, -0.2) is 36.6 Å². The number of hydrogen-bond donors (Lipinski definition) is 1. The minimum absolute atomic E-state index is 0.181. The quantitative estimate of drug-likeness (QED) is 0.856. The molecule has 25 heavy (non-hydrogen) atoms. The highest BCUT2D eigenvalue weighted by molar-refractivity contribution is 6.07. The SMILES string of the molecule is C[C@]1(c2ccc3c(c2)OCCO3)NC(=O)N(CC2CCCCC2)C1=O. The molecule has 1 N–H and O–H groups in total. The van der Waals surface area contributed by atoms with Crippen molar-refractivity contribution in [1.29, 1.82) is 0 Å². The Balaban J connectivity index is 1.57. The molecule has 134 valence electrons. The van der Waals surface area contributed by atoms with Crippen molar-refractivity contribution in [2.45, 2.75) is 44.6 Å². The third kappa shape index (κ3) is 2.83. The summed E-state index contributed by atoms with van der Waals surface area (Å²) in [6, 6.07) is 5.14. The molecule has 0 unspecified atom stereocenters.